The van der Waals surface area contributed by atoms with Crippen LogP contribution in [0, 0.1) is 11.7 Å². The van der Waals surface area contributed by atoms with Crippen molar-refractivity contribution >= 4 is 39.3 Å². The summed E-state index contributed by atoms with van der Waals surface area (Å²) >= 11 is 1.42. The summed E-state index contributed by atoms with van der Waals surface area (Å²) in [5.41, 5.74) is 1.67. The molecule has 0 spiro atoms. The van der Waals surface area contributed by atoms with Gasteiger partial charge in [-0.05, 0) is 42.8 Å². The molecule has 1 aliphatic carbocycles. The van der Waals surface area contributed by atoms with Gasteiger partial charge in [0.25, 0.3) is 5.91 Å². The molecule has 178 valence electrons. The average molecular weight is 483 g/mol. The van der Waals surface area contributed by atoms with Gasteiger partial charge in [0.15, 0.2) is 5.69 Å². The summed E-state index contributed by atoms with van der Waals surface area (Å²) < 4.78 is 14.3. The van der Waals surface area contributed by atoms with Gasteiger partial charge in [-0.25, -0.2) is 14.4 Å². The highest BCUT2D eigenvalue weighted by Crippen LogP contribution is 2.28. The van der Waals surface area contributed by atoms with E-state index in [9.17, 15) is 14.0 Å². The van der Waals surface area contributed by atoms with Crippen LogP contribution >= 0.6 is 11.3 Å². The molecular weight excluding hydrogens is 455 g/mol. The molecule has 10 heteroatoms. The summed E-state index contributed by atoms with van der Waals surface area (Å²) in [6, 6.07) is 2.94. The smallest absolute Gasteiger partial charge is 0.274 e. The van der Waals surface area contributed by atoms with Gasteiger partial charge in [-0.2, -0.15) is 0 Å². The number of anilines is 1. The molecule has 1 saturated heterocycles. The Balaban J connectivity index is 1.26. The van der Waals surface area contributed by atoms with Gasteiger partial charge in [-0.3, -0.25) is 14.6 Å². The molecule has 0 aromatic carbocycles. The first-order valence-corrected chi connectivity index (χ1v) is 12.6. The van der Waals surface area contributed by atoms with Gasteiger partial charge in [0.1, 0.15) is 5.82 Å². The summed E-state index contributed by atoms with van der Waals surface area (Å²) in [5.74, 6) is -0.0734. The van der Waals surface area contributed by atoms with Crippen molar-refractivity contribution in [2.75, 3.05) is 18.4 Å². The Morgan fingerprint density at radius 3 is 2.74 bits per heavy atom. The topological polar surface area (TPSA) is 100 Å². The Hall–Kier alpha value is -3.14. The van der Waals surface area contributed by atoms with E-state index >= 15 is 0 Å². The molecule has 1 saturated carbocycles. The minimum Gasteiger partial charge on any atom is -0.350 e. The van der Waals surface area contributed by atoms with E-state index in [1.54, 1.807) is 11.1 Å². The van der Waals surface area contributed by atoms with Crippen LogP contribution in [0.1, 0.15) is 61.1 Å². The van der Waals surface area contributed by atoms with Gasteiger partial charge in [-0.1, -0.05) is 19.3 Å². The zero-order chi connectivity index (χ0) is 23.7. The predicted octanol–water partition coefficient (Wildman–Crippen LogP) is 3.92. The number of carbonyl (C=O) groups excluding carboxylic acids is 2. The molecule has 4 heterocycles. The van der Waals surface area contributed by atoms with E-state index in [4.69, 9.17) is 0 Å². The van der Waals surface area contributed by atoms with Crippen LogP contribution in [-0.4, -0.2) is 50.8 Å². The lowest BCUT2D eigenvalue weighted by Gasteiger charge is -2.40. The SMILES string of the molecule is C[C@H](Nc1nc(C(=O)N2CC(NC(=O)C3CCCCC3)C2)c2sccc2n1)c1cncc(F)c1. The monoisotopic (exact) mass is 482 g/mol. The molecule has 1 aliphatic heterocycles. The Labute approximate surface area is 201 Å². The van der Waals surface area contributed by atoms with Gasteiger partial charge in [0.05, 0.1) is 28.5 Å². The van der Waals surface area contributed by atoms with Gasteiger partial charge in [0, 0.05) is 25.2 Å². The number of hydrogen-bond donors (Lipinski definition) is 2. The molecule has 3 aromatic heterocycles. The van der Waals surface area contributed by atoms with Crippen LogP contribution in [0.15, 0.2) is 29.9 Å². The number of carbonyl (C=O) groups is 2. The quantitative estimate of drug-likeness (QED) is 0.552. The van der Waals surface area contributed by atoms with Crippen LogP contribution in [0.5, 0.6) is 0 Å². The van der Waals surface area contributed by atoms with E-state index in [0.29, 0.717) is 35.8 Å². The van der Waals surface area contributed by atoms with Crippen molar-refractivity contribution in [1.29, 1.82) is 0 Å². The molecule has 2 fully saturated rings. The van der Waals surface area contributed by atoms with E-state index in [1.165, 1.54) is 23.8 Å². The first-order valence-electron chi connectivity index (χ1n) is 11.7. The van der Waals surface area contributed by atoms with Crippen molar-refractivity contribution in [1.82, 2.24) is 25.2 Å². The number of likely N-dealkylation sites (tertiary alicyclic amines) is 1. The summed E-state index contributed by atoms with van der Waals surface area (Å²) in [7, 11) is 0. The van der Waals surface area contributed by atoms with Crippen molar-refractivity contribution in [2.45, 2.75) is 51.1 Å². The Morgan fingerprint density at radius 2 is 1.97 bits per heavy atom. The molecule has 3 aromatic rings. The van der Waals surface area contributed by atoms with Gasteiger partial charge < -0.3 is 15.5 Å². The zero-order valence-corrected chi connectivity index (χ0v) is 19.8. The number of amides is 2. The standard InChI is InChI=1S/C24H27FN6O2S/c1-14(16-9-17(25)11-26-10-16)27-24-29-19-7-8-34-21(19)20(30-24)23(33)31-12-18(13-31)28-22(32)15-5-3-2-4-6-15/h7-11,14-15,18H,2-6,12-13H2,1H3,(H,28,32)(H,27,29,30)/t14-/m0/s1. The second kappa shape index (κ2) is 9.61. The molecule has 5 rings (SSSR count). The number of hydrogen-bond acceptors (Lipinski definition) is 7. The molecule has 0 radical (unpaired) electrons. The van der Waals surface area contributed by atoms with Gasteiger partial charge >= 0.3 is 0 Å². The highest BCUT2D eigenvalue weighted by atomic mass is 32.1. The molecule has 2 aliphatic rings. The molecule has 2 amide bonds. The average Bonchev–Trinajstić information content (AvgIpc) is 3.29. The first-order chi connectivity index (χ1) is 16.5. The molecule has 2 N–H and O–H groups in total. The number of halogens is 1. The number of rotatable bonds is 6. The van der Waals surface area contributed by atoms with Gasteiger partial charge in [0.2, 0.25) is 11.9 Å². The fourth-order valence-electron chi connectivity index (χ4n) is 4.58. The van der Waals surface area contributed by atoms with Crippen LogP contribution in [0.4, 0.5) is 10.3 Å². The fourth-order valence-corrected chi connectivity index (χ4v) is 5.40. The third kappa shape index (κ3) is 4.72. The molecule has 34 heavy (non-hydrogen) atoms. The second-order valence-electron chi connectivity index (χ2n) is 9.08. The van der Waals surface area contributed by atoms with Crippen molar-refractivity contribution in [3.8, 4) is 0 Å². The van der Waals surface area contributed by atoms with Gasteiger partial charge in [-0.15, -0.1) is 11.3 Å². The minimum atomic E-state index is -0.417. The maximum absolute atomic E-state index is 13.6. The van der Waals surface area contributed by atoms with Crippen molar-refractivity contribution in [2.24, 2.45) is 5.92 Å². The number of nitrogens with one attached hydrogen (secondary N) is 2. The Morgan fingerprint density at radius 1 is 1.18 bits per heavy atom. The summed E-state index contributed by atoms with van der Waals surface area (Å²) in [4.78, 5) is 40.4. The predicted molar refractivity (Wildman–Crippen MR) is 128 cm³/mol. The van der Waals surface area contributed by atoms with Crippen LogP contribution in [-0.2, 0) is 4.79 Å². The van der Waals surface area contributed by atoms with E-state index in [2.05, 4.69) is 25.6 Å². The Kier molecular flexibility index (Phi) is 6.40. The van der Waals surface area contributed by atoms with Crippen LogP contribution in [0.25, 0.3) is 10.2 Å². The van der Waals surface area contributed by atoms with Crippen molar-refractivity contribution in [3.05, 3.63) is 47.0 Å². The summed E-state index contributed by atoms with van der Waals surface area (Å²) in [6.07, 6.45) is 8.08. The number of nitrogens with zero attached hydrogens (tertiary/aromatic N) is 4. The molecular formula is C24H27FN6O2S. The van der Waals surface area contributed by atoms with Crippen LogP contribution in [0.2, 0.25) is 0 Å². The molecule has 0 bridgehead atoms. The summed E-state index contributed by atoms with van der Waals surface area (Å²) in [6.45, 7) is 2.80. The van der Waals surface area contributed by atoms with Crippen LogP contribution < -0.4 is 10.6 Å². The normalized spacial score (nSPS) is 17.9. The maximum atomic E-state index is 13.6. The number of aromatic nitrogens is 3. The first kappa shape index (κ1) is 22.6. The Bertz CT molecular complexity index is 1210. The van der Waals surface area contributed by atoms with Crippen molar-refractivity contribution < 1.29 is 14.0 Å². The lowest BCUT2D eigenvalue weighted by molar-refractivity contribution is -0.127. The molecule has 8 nitrogen and oxygen atoms in total. The third-order valence-electron chi connectivity index (χ3n) is 6.57. The van der Waals surface area contributed by atoms with E-state index < -0.39 is 5.82 Å². The maximum Gasteiger partial charge on any atom is 0.274 e. The number of fused-ring (bicyclic) bond motifs is 1. The summed E-state index contributed by atoms with van der Waals surface area (Å²) in [5, 5.41) is 8.14. The molecule has 0 unspecified atom stereocenters. The van der Waals surface area contributed by atoms with Crippen LogP contribution in [0.3, 0.4) is 0 Å². The highest BCUT2D eigenvalue weighted by molar-refractivity contribution is 7.17. The highest BCUT2D eigenvalue weighted by Gasteiger charge is 2.35. The zero-order valence-electron chi connectivity index (χ0n) is 19.0. The second-order valence-corrected chi connectivity index (χ2v) is 10.0. The van der Waals surface area contributed by atoms with E-state index in [-0.39, 0.29) is 29.8 Å². The fraction of sp³-hybridized carbons (Fsp3) is 0.458. The number of pyridine rings is 1. The largest absolute Gasteiger partial charge is 0.350 e. The lowest BCUT2D eigenvalue weighted by Crippen LogP contribution is -2.61. The lowest BCUT2D eigenvalue weighted by atomic mass is 9.88. The van der Waals surface area contributed by atoms with E-state index in [1.807, 2.05) is 18.4 Å². The van der Waals surface area contributed by atoms with Crippen molar-refractivity contribution in [3.63, 3.8) is 0 Å². The van der Waals surface area contributed by atoms with E-state index in [0.717, 1.165) is 36.6 Å². The number of thiophene rings is 1. The minimum absolute atomic E-state index is 0.0165. The molecule has 1 atom stereocenters. The third-order valence-corrected chi connectivity index (χ3v) is 7.48.